The summed E-state index contributed by atoms with van der Waals surface area (Å²) >= 11 is 3.66. The van der Waals surface area contributed by atoms with Crippen molar-refractivity contribution in [2.45, 2.75) is 46.3 Å². The van der Waals surface area contributed by atoms with E-state index in [4.69, 9.17) is 14.2 Å². The number of hydrogen-bond acceptors (Lipinski definition) is 4. The Hall–Kier alpha value is -1.56. The Kier molecular flexibility index (Phi) is 10.4. The summed E-state index contributed by atoms with van der Waals surface area (Å²) in [6, 6.07) is 12.3. The Morgan fingerprint density at radius 2 is 1.79 bits per heavy atom. The summed E-state index contributed by atoms with van der Waals surface area (Å²) in [5.74, 6) is 1.49. The Balaban J connectivity index is 1.85. The molecule has 0 spiro atoms. The van der Waals surface area contributed by atoms with E-state index in [9.17, 15) is 0 Å². The van der Waals surface area contributed by atoms with Gasteiger partial charge in [-0.15, -0.1) is 0 Å². The number of ether oxygens (including phenoxy) is 3. The van der Waals surface area contributed by atoms with Gasteiger partial charge in [-0.05, 0) is 55.1 Å². The van der Waals surface area contributed by atoms with Crippen LogP contribution >= 0.6 is 15.9 Å². The molecule has 0 saturated heterocycles. The number of benzene rings is 2. The zero-order valence-corrected chi connectivity index (χ0v) is 18.8. The average molecular weight is 450 g/mol. The lowest BCUT2D eigenvalue weighted by atomic mass is 10.1. The lowest BCUT2D eigenvalue weighted by Crippen LogP contribution is -2.17. The van der Waals surface area contributed by atoms with Gasteiger partial charge in [-0.1, -0.05) is 53.5 Å². The molecule has 0 atom stereocenters. The minimum Gasteiger partial charge on any atom is -0.493 e. The van der Waals surface area contributed by atoms with Crippen molar-refractivity contribution in [3.8, 4) is 11.5 Å². The number of halogens is 1. The molecule has 4 nitrogen and oxygen atoms in total. The van der Waals surface area contributed by atoms with Crippen LogP contribution in [0.15, 0.2) is 40.9 Å². The lowest BCUT2D eigenvalue weighted by Gasteiger charge is -2.15. The van der Waals surface area contributed by atoms with E-state index in [1.807, 2.05) is 24.3 Å². The monoisotopic (exact) mass is 449 g/mol. The van der Waals surface area contributed by atoms with Crippen LogP contribution in [0.1, 0.15) is 42.9 Å². The molecule has 2 rings (SSSR count). The molecule has 2 aromatic rings. The largest absolute Gasteiger partial charge is 0.493 e. The number of aryl methyl sites for hydroxylation is 1. The highest BCUT2D eigenvalue weighted by molar-refractivity contribution is 9.10. The predicted octanol–water partition coefficient (Wildman–Crippen LogP) is 5.64. The highest BCUT2D eigenvalue weighted by atomic mass is 79.9. The maximum Gasteiger partial charge on any atom is 0.162 e. The fourth-order valence-corrected chi connectivity index (χ4v) is 3.25. The van der Waals surface area contributed by atoms with E-state index in [0.717, 1.165) is 60.7 Å². The van der Waals surface area contributed by atoms with Crippen LogP contribution in [-0.2, 0) is 17.9 Å². The second-order valence-electron chi connectivity index (χ2n) is 6.81. The standard InChI is InChI=1S/C23H32BrNO3/c1-4-5-12-27-13-8-11-25-16-20-14-22(26-3)23(15-21(20)24)28-17-19-10-7-6-9-18(19)2/h6-7,9-10,14-15,25H,4-5,8,11-13,16-17H2,1-3H3. The van der Waals surface area contributed by atoms with Crippen LogP contribution in [0, 0.1) is 6.92 Å². The normalized spacial score (nSPS) is 10.9. The van der Waals surface area contributed by atoms with Crippen LogP contribution in [0.4, 0.5) is 0 Å². The van der Waals surface area contributed by atoms with Gasteiger partial charge >= 0.3 is 0 Å². The fraction of sp³-hybridized carbons (Fsp3) is 0.478. The van der Waals surface area contributed by atoms with E-state index >= 15 is 0 Å². The molecule has 0 aliphatic rings. The summed E-state index contributed by atoms with van der Waals surface area (Å²) in [6.45, 7) is 8.15. The maximum atomic E-state index is 6.03. The Labute approximate surface area is 177 Å². The molecule has 0 fully saturated rings. The second kappa shape index (κ2) is 12.8. The third-order valence-electron chi connectivity index (χ3n) is 4.58. The van der Waals surface area contributed by atoms with Crippen molar-refractivity contribution in [1.29, 1.82) is 0 Å². The number of unbranched alkanes of at least 4 members (excludes halogenated alkanes) is 1. The molecular formula is C23H32BrNO3. The van der Waals surface area contributed by atoms with Gasteiger partial charge < -0.3 is 19.5 Å². The van der Waals surface area contributed by atoms with Crippen LogP contribution in [0.3, 0.4) is 0 Å². The zero-order valence-electron chi connectivity index (χ0n) is 17.2. The zero-order chi connectivity index (χ0) is 20.2. The van der Waals surface area contributed by atoms with E-state index in [1.54, 1.807) is 7.11 Å². The first kappa shape index (κ1) is 22.7. The number of methoxy groups -OCH3 is 1. The van der Waals surface area contributed by atoms with E-state index in [2.05, 4.69) is 47.2 Å². The molecule has 0 heterocycles. The van der Waals surface area contributed by atoms with E-state index in [1.165, 1.54) is 17.5 Å². The minimum absolute atomic E-state index is 0.519. The summed E-state index contributed by atoms with van der Waals surface area (Å²) < 4.78 is 18.2. The second-order valence-corrected chi connectivity index (χ2v) is 7.66. The van der Waals surface area contributed by atoms with Crippen LogP contribution in [0.2, 0.25) is 0 Å². The SMILES string of the molecule is CCCCOCCCNCc1cc(OC)c(OCc2ccccc2C)cc1Br. The lowest BCUT2D eigenvalue weighted by molar-refractivity contribution is 0.128. The summed E-state index contributed by atoms with van der Waals surface area (Å²) in [6.07, 6.45) is 3.33. The molecule has 0 saturated carbocycles. The van der Waals surface area contributed by atoms with Gasteiger partial charge in [0.05, 0.1) is 7.11 Å². The summed E-state index contributed by atoms with van der Waals surface area (Å²) in [5.41, 5.74) is 3.54. The third kappa shape index (κ3) is 7.46. The molecule has 0 amide bonds. The highest BCUT2D eigenvalue weighted by Gasteiger charge is 2.11. The van der Waals surface area contributed by atoms with Gasteiger partial charge in [0, 0.05) is 24.2 Å². The molecule has 5 heteroatoms. The highest BCUT2D eigenvalue weighted by Crippen LogP contribution is 2.34. The molecule has 0 aliphatic carbocycles. The first-order valence-electron chi connectivity index (χ1n) is 9.97. The third-order valence-corrected chi connectivity index (χ3v) is 5.32. The molecule has 0 bridgehead atoms. The fourth-order valence-electron chi connectivity index (χ4n) is 2.78. The van der Waals surface area contributed by atoms with Crippen LogP contribution in [-0.4, -0.2) is 26.9 Å². The van der Waals surface area contributed by atoms with Crippen LogP contribution < -0.4 is 14.8 Å². The summed E-state index contributed by atoms with van der Waals surface area (Å²) in [7, 11) is 1.68. The van der Waals surface area contributed by atoms with Gasteiger partial charge in [0.1, 0.15) is 6.61 Å². The molecule has 0 aliphatic heterocycles. The first-order valence-corrected chi connectivity index (χ1v) is 10.8. The number of rotatable bonds is 13. The summed E-state index contributed by atoms with van der Waals surface area (Å²) in [5, 5.41) is 3.46. The smallest absolute Gasteiger partial charge is 0.162 e. The minimum atomic E-state index is 0.519. The Bertz CT molecular complexity index is 721. The van der Waals surface area contributed by atoms with Crippen LogP contribution in [0.5, 0.6) is 11.5 Å². The van der Waals surface area contributed by atoms with Crippen molar-refractivity contribution in [3.63, 3.8) is 0 Å². The molecule has 2 aromatic carbocycles. The average Bonchev–Trinajstić information content (AvgIpc) is 2.70. The molecule has 0 unspecified atom stereocenters. The van der Waals surface area contributed by atoms with E-state index in [0.29, 0.717) is 6.61 Å². The molecule has 0 radical (unpaired) electrons. The van der Waals surface area contributed by atoms with E-state index < -0.39 is 0 Å². The molecule has 28 heavy (non-hydrogen) atoms. The van der Waals surface area contributed by atoms with Crippen molar-refractivity contribution in [1.82, 2.24) is 5.32 Å². The molecule has 154 valence electrons. The van der Waals surface area contributed by atoms with Crippen molar-refractivity contribution < 1.29 is 14.2 Å². The quantitative estimate of drug-likeness (QED) is 0.401. The van der Waals surface area contributed by atoms with E-state index in [-0.39, 0.29) is 0 Å². The maximum absolute atomic E-state index is 6.03. The van der Waals surface area contributed by atoms with Crippen molar-refractivity contribution in [2.24, 2.45) is 0 Å². The van der Waals surface area contributed by atoms with Gasteiger partial charge in [0.25, 0.3) is 0 Å². The Morgan fingerprint density at radius 1 is 1.00 bits per heavy atom. The van der Waals surface area contributed by atoms with Gasteiger partial charge in [0.15, 0.2) is 11.5 Å². The van der Waals surface area contributed by atoms with Crippen molar-refractivity contribution in [3.05, 3.63) is 57.6 Å². The van der Waals surface area contributed by atoms with Gasteiger partial charge in [-0.3, -0.25) is 0 Å². The van der Waals surface area contributed by atoms with Crippen molar-refractivity contribution in [2.75, 3.05) is 26.9 Å². The molecule has 0 aromatic heterocycles. The number of hydrogen-bond donors (Lipinski definition) is 1. The van der Waals surface area contributed by atoms with Crippen molar-refractivity contribution >= 4 is 15.9 Å². The number of nitrogens with one attached hydrogen (secondary N) is 1. The topological polar surface area (TPSA) is 39.7 Å². The Morgan fingerprint density at radius 3 is 2.54 bits per heavy atom. The predicted molar refractivity (Wildman–Crippen MR) is 118 cm³/mol. The van der Waals surface area contributed by atoms with Gasteiger partial charge in [-0.2, -0.15) is 0 Å². The first-order chi connectivity index (χ1) is 13.7. The van der Waals surface area contributed by atoms with Gasteiger partial charge in [-0.25, -0.2) is 0 Å². The summed E-state index contributed by atoms with van der Waals surface area (Å²) in [4.78, 5) is 0. The van der Waals surface area contributed by atoms with Crippen LogP contribution in [0.25, 0.3) is 0 Å². The molecular weight excluding hydrogens is 418 g/mol. The van der Waals surface area contributed by atoms with Gasteiger partial charge in [0.2, 0.25) is 0 Å². The molecule has 1 N–H and O–H groups in total.